The second kappa shape index (κ2) is 17.5. The zero-order valence-corrected chi connectivity index (χ0v) is 19.3. The molecule has 0 aliphatic rings. The Morgan fingerprint density at radius 2 is 1.16 bits per heavy atom. The van der Waals surface area contributed by atoms with Crippen LogP contribution in [0, 0.1) is 0 Å². The van der Waals surface area contributed by atoms with Gasteiger partial charge < -0.3 is 33.2 Å². The average molecular weight is 457 g/mol. The molecule has 182 valence electrons. The molecule has 1 rings (SSSR count). The van der Waals surface area contributed by atoms with Crippen molar-refractivity contribution in [3.63, 3.8) is 0 Å². The summed E-state index contributed by atoms with van der Waals surface area (Å²) in [6, 6.07) is 6.90. The molecule has 0 saturated carbocycles. The van der Waals surface area contributed by atoms with Crippen molar-refractivity contribution in [1.29, 1.82) is 0 Å². The summed E-state index contributed by atoms with van der Waals surface area (Å²) in [6.07, 6.45) is 0.792. The van der Waals surface area contributed by atoms with Gasteiger partial charge in [-0.3, -0.25) is 4.79 Å². The van der Waals surface area contributed by atoms with E-state index in [1.807, 2.05) is 20.8 Å². The quantitative estimate of drug-likeness (QED) is 0.176. The lowest BCUT2D eigenvalue weighted by molar-refractivity contribution is -0.160. The summed E-state index contributed by atoms with van der Waals surface area (Å²) >= 11 is 0. The summed E-state index contributed by atoms with van der Waals surface area (Å²) in [6.45, 7) is 9.72. The van der Waals surface area contributed by atoms with Gasteiger partial charge in [0.2, 0.25) is 0 Å². The van der Waals surface area contributed by atoms with E-state index in [0.29, 0.717) is 77.4 Å². The van der Waals surface area contributed by atoms with Gasteiger partial charge in [0, 0.05) is 5.56 Å². The van der Waals surface area contributed by atoms with Crippen molar-refractivity contribution < 1.29 is 42.7 Å². The Morgan fingerprint density at radius 3 is 1.59 bits per heavy atom. The highest BCUT2D eigenvalue weighted by Gasteiger charge is 2.15. The van der Waals surface area contributed by atoms with Crippen LogP contribution in [0.25, 0.3) is 0 Å². The molecule has 0 unspecified atom stereocenters. The largest absolute Gasteiger partial charge is 0.491 e. The number of carbonyl (C=O) groups excluding carboxylic acids is 2. The molecule has 0 radical (unpaired) electrons. The van der Waals surface area contributed by atoms with E-state index in [4.69, 9.17) is 33.2 Å². The van der Waals surface area contributed by atoms with Gasteiger partial charge >= 0.3 is 5.97 Å². The van der Waals surface area contributed by atoms with Crippen LogP contribution in [0.3, 0.4) is 0 Å². The topological polar surface area (TPSA) is 98.8 Å². The summed E-state index contributed by atoms with van der Waals surface area (Å²) < 4.78 is 37.4. The minimum Gasteiger partial charge on any atom is -0.491 e. The summed E-state index contributed by atoms with van der Waals surface area (Å²) in [7, 11) is 0. The van der Waals surface area contributed by atoms with Gasteiger partial charge in [-0.05, 0) is 45.0 Å². The first-order valence-electron chi connectivity index (χ1n) is 10.7. The number of hydrogen-bond acceptors (Lipinski definition) is 9. The highest BCUT2D eigenvalue weighted by molar-refractivity contribution is 5.74. The third kappa shape index (κ3) is 16.6. The summed E-state index contributed by atoms with van der Waals surface area (Å²) in [4.78, 5) is 22.0. The molecule has 0 spiro atoms. The maximum Gasteiger partial charge on any atom is 0.332 e. The van der Waals surface area contributed by atoms with Crippen molar-refractivity contribution in [1.82, 2.24) is 0 Å². The zero-order chi connectivity index (χ0) is 23.5. The number of carbonyl (C=O) groups is 2. The van der Waals surface area contributed by atoms with Crippen LogP contribution in [0.4, 0.5) is 0 Å². The first-order valence-corrected chi connectivity index (χ1v) is 10.7. The molecule has 0 atom stereocenters. The normalized spacial score (nSPS) is 11.3. The van der Waals surface area contributed by atoms with E-state index in [-0.39, 0.29) is 12.6 Å². The fourth-order valence-corrected chi connectivity index (χ4v) is 2.27. The molecule has 0 amide bonds. The fourth-order valence-electron chi connectivity index (χ4n) is 2.27. The Bertz CT molecular complexity index is 611. The van der Waals surface area contributed by atoms with Gasteiger partial charge in [-0.1, -0.05) is 0 Å². The van der Waals surface area contributed by atoms with Gasteiger partial charge in [-0.25, -0.2) is 4.79 Å². The van der Waals surface area contributed by atoms with E-state index in [1.54, 1.807) is 24.3 Å². The highest BCUT2D eigenvalue weighted by atomic mass is 16.6. The van der Waals surface area contributed by atoms with Crippen LogP contribution in [0.1, 0.15) is 31.1 Å². The van der Waals surface area contributed by atoms with Crippen LogP contribution >= 0.6 is 0 Å². The molecule has 0 N–H and O–H groups in total. The molecule has 9 heteroatoms. The molecule has 1 aromatic carbocycles. The highest BCUT2D eigenvalue weighted by Crippen LogP contribution is 2.10. The van der Waals surface area contributed by atoms with Crippen molar-refractivity contribution in [3.8, 4) is 5.75 Å². The summed E-state index contributed by atoms with van der Waals surface area (Å²) in [5.74, 6) is 0.312. The van der Waals surface area contributed by atoms with Gasteiger partial charge in [-0.2, -0.15) is 0 Å². The maximum absolute atomic E-state index is 11.4. The Hall–Kier alpha value is -2.04. The lowest BCUT2D eigenvalue weighted by atomic mass is 10.2. The average Bonchev–Trinajstić information content (AvgIpc) is 2.75. The first-order chi connectivity index (χ1) is 15.4. The molecule has 0 saturated heterocycles. The number of aldehydes is 1. The predicted octanol–water partition coefficient (Wildman–Crippen LogP) is 2.30. The third-order valence-electron chi connectivity index (χ3n) is 3.64. The van der Waals surface area contributed by atoms with E-state index < -0.39 is 5.60 Å². The first kappa shape index (κ1) is 28.0. The van der Waals surface area contributed by atoms with Crippen LogP contribution in [-0.2, 0) is 33.2 Å². The Labute approximate surface area is 190 Å². The Morgan fingerprint density at radius 1 is 0.719 bits per heavy atom. The zero-order valence-electron chi connectivity index (χ0n) is 19.3. The minimum atomic E-state index is -0.507. The lowest BCUT2D eigenvalue weighted by Gasteiger charge is -2.19. The monoisotopic (exact) mass is 456 g/mol. The lowest BCUT2D eigenvalue weighted by Crippen LogP contribution is -2.27. The van der Waals surface area contributed by atoms with Crippen LogP contribution in [0.5, 0.6) is 5.75 Å². The Kier molecular flexibility index (Phi) is 15.3. The van der Waals surface area contributed by atoms with Crippen molar-refractivity contribution >= 4 is 12.3 Å². The Balaban J connectivity index is 1.77. The molecule has 0 aromatic heterocycles. The second-order valence-corrected chi connectivity index (χ2v) is 7.62. The molecule has 0 aliphatic heterocycles. The molecule has 0 heterocycles. The van der Waals surface area contributed by atoms with Crippen LogP contribution in [0.15, 0.2) is 24.3 Å². The molecule has 32 heavy (non-hydrogen) atoms. The summed E-state index contributed by atoms with van der Waals surface area (Å²) in [5.41, 5.74) is 0.108. The predicted molar refractivity (Wildman–Crippen MR) is 117 cm³/mol. The molecule has 9 nitrogen and oxygen atoms in total. The number of hydrogen-bond donors (Lipinski definition) is 0. The van der Waals surface area contributed by atoms with E-state index >= 15 is 0 Å². The van der Waals surface area contributed by atoms with Crippen molar-refractivity contribution in [2.75, 3.05) is 72.7 Å². The van der Waals surface area contributed by atoms with Gasteiger partial charge in [0.1, 0.15) is 30.9 Å². The maximum atomic E-state index is 11.4. The van der Waals surface area contributed by atoms with Gasteiger partial charge in [-0.15, -0.1) is 0 Å². The standard InChI is InChI=1S/C23H36O9/c1-23(2,3)32-22(25)19-30-15-14-28-11-10-26-8-9-27-12-13-29-16-17-31-21-6-4-20(18-24)5-7-21/h4-7,18H,8-17,19H2,1-3H3. The van der Waals surface area contributed by atoms with Crippen molar-refractivity contribution in [2.24, 2.45) is 0 Å². The smallest absolute Gasteiger partial charge is 0.332 e. The van der Waals surface area contributed by atoms with E-state index in [9.17, 15) is 9.59 Å². The van der Waals surface area contributed by atoms with E-state index in [1.165, 1.54) is 0 Å². The second-order valence-electron chi connectivity index (χ2n) is 7.62. The molecular formula is C23H36O9. The van der Waals surface area contributed by atoms with E-state index in [2.05, 4.69) is 0 Å². The van der Waals surface area contributed by atoms with Crippen molar-refractivity contribution in [3.05, 3.63) is 29.8 Å². The fraction of sp³-hybridized carbons (Fsp3) is 0.652. The van der Waals surface area contributed by atoms with Crippen LogP contribution in [-0.4, -0.2) is 90.5 Å². The van der Waals surface area contributed by atoms with Gasteiger partial charge in [0.15, 0.2) is 0 Å². The minimum absolute atomic E-state index is 0.0819. The van der Waals surface area contributed by atoms with Crippen molar-refractivity contribution in [2.45, 2.75) is 26.4 Å². The summed E-state index contributed by atoms with van der Waals surface area (Å²) in [5, 5.41) is 0. The third-order valence-corrected chi connectivity index (χ3v) is 3.64. The molecule has 0 aliphatic carbocycles. The molecule has 1 aromatic rings. The number of esters is 1. The number of benzene rings is 1. The van der Waals surface area contributed by atoms with Gasteiger partial charge in [0.05, 0.1) is 59.5 Å². The number of rotatable bonds is 19. The molecular weight excluding hydrogens is 420 g/mol. The molecule has 0 bridgehead atoms. The SMILES string of the molecule is CC(C)(C)OC(=O)COCCOCCOCCOCCOCCOc1ccc(C=O)cc1. The van der Waals surface area contributed by atoms with Gasteiger partial charge in [0.25, 0.3) is 0 Å². The van der Waals surface area contributed by atoms with E-state index in [0.717, 1.165) is 6.29 Å². The molecule has 0 fully saturated rings. The van der Waals surface area contributed by atoms with Crippen LogP contribution in [0.2, 0.25) is 0 Å². The van der Waals surface area contributed by atoms with Crippen LogP contribution < -0.4 is 4.74 Å². The number of ether oxygens (including phenoxy) is 7.